The van der Waals surface area contributed by atoms with Gasteiger partial charge in [0.25, 0.3) is 0 Å². The Labute approximate surface area is 630 Å². The molecule has 6 heterocycles. The number of methoxy groups -OCH3 is 1. The fourth-order valence-corrected chi connectivity index (χ4v) is 21.4. The normalized spacial score (nSPS) is 32.5. The molecule has 5 aromatic carbocycles. The Morgan fingerprint density at radius 2 is 0.827 bits per heavy atom. The van der Waals surface area contributed by atoms with Crippen LogP contribution in [0.25, 0.3) is 0 Å². The number of carbonyl (C=O) groups excluding carboxylic acids is 3. The first kappa shape index (κ1) is 78.9. The number of carboxylic acid groups (broad SMARTS) is 1. The van der Waals surface area contributed by atoms with Crippen LogP contribution >= 0.6 is 12.4 Å². The van der Waals surface area contributed by atoms with Gasteiger partial charge >= 0.3 is 5.97 Å². The third-order valence-corrected chi connectivity index (χ3v) is 28.2. The molecule has 13 nitrogen and oxygen atoms in total. The summed E-state index contributed by atoms with van der Waals surface area (Å²) in [5.41, 5.74) is 19.8. The fraction of sp³-hybridized carbons (Fsp3) is 0.600. The summed E-state index contributed by atoms with van der Waals surface area (Å²) in [6.07, 6.45) is 25.6. The lowest BCUT2D eigenvalue weighted by molar-refractivity contribution is -0.150. The number of hydrogen-bond acceptors (Lipinski definition) is 11. The van der Waals surface area contributed by atoms with Gasteiger partial charge in [0.2, 0.25) is 5.91 Å². The van der Waals surface area contributed by atoms with Crippen LogP contribution in [-0.2, 0) is 83.1 Å². The number of likely N-dealkylation sites (tertiary alicyclic amines) is 6. The molecule has 1 amide bonds. The average molecular weight is 1440 g/mol. The van der Waals surface area contributed by atoms with Crippen LogP contribution in [0.1, 0.15) is 202 Å². The lowest BCUT2D eigenvalue weighted by atomic mass is 9.58. The van der Waals surface area contributed by atoms with Gasteiger partial charge in [-0.2, -0.15) is 0 Å². The Morgan fingerprint density at radius 1 is 0.452 bits per heavy atom. The molecule has 13 atom stereocenters. The summed E-state index contributed by atoms with van der Waals surface area (Å²) in [6.45, 7) is 26.8. The quantitative estimate of drug-likeness (QED) is 0.131. The van der Waals surface area contributed by atoms with Gasteiger partial charge in [-0.25, -0.2) is 0 Å². The summed E-state index contributed by atoms with van der Waals surface area (Å²) >= 11 is 0. The summed E-state index contributed by atoms with van der Waals surface area (Å²) in [4.78, 5) is 63.2. The summed E-state index contributed by atoms with van der Waals surface area (Å²) in [7, 11) is 12.4. The minimum Gasteiger partial charge on any atom is -0.508 e. The van der Waals surface area contributed by atoms with Gasteiger partial charge in [0.05, 0.1) is 36.7 Å². The van der Waals surface area contributed by atoms with Crippen LogP contribution in [0, 0.1) is 45.4 Å². The van der Waals surface area contributed by atoms with E-state index in [0.717, 1.165) is 116 Å². The number of ketones is 1. The van der Waals surface area contributed by atoms with Gasteiger partial charge in [-0.15, -0.1) is 12.4 Å². The van der Waals surface area contributed by atoms with Crippen molar-refractivity contribution in [2.45, 2.75) is 242 Å². The highest BCUT2D eigenvalue weighted by molar-refractivity contribution is 5.97. The Morgan fingerprint density at radius 3 is 1.33 bits per heavy atom. The molecule has 6 aliphatic carbocycles. The number of Topliss-reactive ketones (excluding diaryl/α,β-unsaturated/α-hetero) is 1. The minimum absolute atomic E-state index is 0. The first-order valence-electron chi connectivity index (χ1n) is 39.6. The number of halogens is 1. The number of rotatable bonds is 4. The summed E-state index contributed by atoms with van der Waals surface area (Å²) in [5.74, 6) is 0.282. The van der Waals surface area contributed by atoms with Gasteiger partial charge < -0.3 is 39.3 Å². The van der Waals surface area contributed by atoms with Gasteiger partial charge in [0.15, 0.2) is 5.78 Å². The number of aldehydes is 1. The number of fused-ring (bicyclic) bond motifs is 20. The third kappa shape index (κ3) is 15.0. The highest BCUT2D eigenvalue weighted by Gasteiger charge is 2.57. The van der Waals surface area contributed by atoms with Crippen molar-refractivity contribution < 1.29 is 34.1 Å². The van der Waals surface area contributed by atoms with Crippen LogP contribution in [0.15, 0.2) is 103 Å². The molecule has 10 bridgehead atoms. The SMILES string of the molecule is C1CCCCC1.CN1CC[C@]2(C)c3cc(O)ccc3C[C@@H]1[C@@H]2C(=O)N1CCCCC1.COC=C1[C@H]2Cc3ccc(C)cc3[C@]1(C)CCN2C.Cc1ccc2c(c1)[C@@]1(C)CCN(C)[C@H](C2)[C@@H]1C(=O)O.Cc1ccc2c(c1)[C@@]1(C)CCN(C)[C@H](C2)[C@@H]1C=O.Cc1ccc2c(c1)[C@]1(C)CCN(C)[C@H](C2)C1=O.Cl. The van der Waals surface area contributed by atoms with Crippen molar-refractivity contribution in [1.82, 2.24) is 29.4 Å². The number of benzene rings is 5. The van der Waals surface area contributed by atoms with Gasteiger partial charge in [0.1, 0.15) is 12.0 Å². The Bertz CT molecular complexity index is 3960. The van der Waals surface area contributed by atoms with Crippen LogP contribution in [-0.4, -0.2) is 182 Å². The molecule has 14 heteroatoms. The van der Waals surface area contributed by atoms with E-state index in [1.54, 1.807) is 13.2 Å². The van der Waals surface area contributed by atoms with E-state index in [0.29, 0.717) is 29.5 Å². The summed E-state index contributed by atoms with van der Waals surface area (Å²) < 4.78 is 5.39. The predicted molar refractivity (Wildman–Crippen MR) is 423 cm³/mol. The van der Waals surface area contributed by atoms with E-state index >= 15 is 0 Å². The second kappa shape index (κ2) is 31.9. The molecule has 7 fully saturated rings. The van der Waals surface area contributed by atoms with E-state index in [-0.39, 0.29) is 75.4 Å². The lowest BCUT2D eigenvalue weighted by Gasteiger charge is -2.55. The van der Waals surface area contributed by atoms with E-state index in [1.165, 1.54) is 141 Å². The molecule has 6 saturated heterocycles. The number of ether oxygens (including phenoxy) is 1. The van der Waals surface area contributed by atoms with Crippen molar-refractivity contribution in [3.05, 3.63) is 181 Å². The number of phenolic OH excluding ortho intramolecular Hbond substituents is 1. The number of piperidine rings is 6. The number of hydrogen-bond donors (Lipinski definition) is 2. The van der Waals surface area contributed by atoms with Gasteiger partial charge in [-0.1, -0.05) is 167 Å². The smallest absolute Gasteiger partial charge is 0.309 e. The van der Waals surface area contributed by atoms with Crippen molar-refractivity contribution in [1.29, 1.82) is 0 Å². The molecule has 0 unspecified atom stereocenters. The largest absolute Gasteiger partial charge is 0.508 e. The Kier molecular flexibility index (Phi) is 24.2. The number of nitrogens with zero attached hydrogens (tertiary/aromatic N) is 6. The highest BCUT2D eigenvalue weighted by Crippen LogP contribution is 2.53. The first-order chi connectivity index (χ1) is 49.1. The molecule has 0 radical (unpaired) electrons. The van der Waals surface area contributed by atoms with Crippen molar-refractivity contribution >= 4 is 36.4 Å². The van der Waals surface area contributed by atoms with Gasteiger partial charge in [-0.05, 0) is 259 Å². The molecule has 1 saturated carbocycles. The van der Waals surface area contributed by atoms with Crippen LogP contribution in [0.5, 0.6) is 5.75 Å². The topological polar surface area (TPSA) is 137 Å². The Balaban J connectivity index is 0.000000128. The first-order valence-corrected chi connectivity index (χ1v) is 39.6. The van der Waals surface area contributed by atoms with E-state index < -0.39 is 5.97 Å². The van der Waals surface area contributed by atoms with Crippen LogP contribution in [0.3, 0.4) is 0 Å². The van der Waals surface area contributed by atoms with Gasteiger partial charge in [0, 0.05) is 64.8 Å². The standard InChI is InChI=1S/C20H28N2O2.C17H23NO.C16H21NO2.C16H21NO.C15H19NO.C6H12.ClH/c1-20-8-11-21(2)17(12-14-6-7-15(23)13-16(14)20)18(20)19(24)22-9-4-3-5-10-22;1-12-5-6-13-10-16-15(11-19-4)17(2,14(13)9-12)7-8-18(16)3;1-10-4-5-11-9-13-14(15(18)19)16(2,12(11)8-10)6-7-17(13)3;1-11-4-5-12-9-15-14(10-18)16(2,13(12)8-11)6-7-17(15)3;1-10-4-5-11-9-13-14(17)15(2,12(11)8-10)6-7-16(13)3;1-2-4-6-5-3-1;/h6-7,13,17-18,23H,3-5,8-12H2,1-2H3;5-6,9,11,16H,7-8,10H2,1-4H3;4-5,8,13-14H,6-7,9H2,1-3H3,(H,18,19);4-5,8,10,14-15H,6-7,9H2,1-3H3;4-5,8,13H,6-7,9H2,1-3H3;1-6H2;1H/t17-,18-,20-;16-,17+;13-,14-,16-;14-,15+,16+;13-,15+;;/m11101../s1. The van der Waals surface area contributed by atoms with Crippen molar-refractivity contribution in [3.8, 4) is 5.75 Å². The van der Waals surface area contributed by atoms with Crippen LogP contribution < -0.4 is 0 Å². The Hall–Kier alpha value is -6.19. The maximum Gasteiger partial charge on any atom is 0.309 e. The zero-order valence-electron chi connectivity index (χ0n) is 65.8. The molecule has 104 heavy (non-hydrogen) atoms. The second-order valence-corrected chi connectivity index (χ2v) is 34.9. The number of aliphatic carboxylic acids is 1. The molecule has 5 aromatic rings. The maximum atomic E-state index is 13.4. The summed E-state index contributed by atoms with van der Waals surface area (Å²) in [6, 6.07) is 33.9. The predicted octanol–water partition coefficient (Wildman–Crippen LogP) is 15.0. The third-order valence-electron chi connectivity index (χ3n) is 28.2. The number of carboxylic acids is 1. The zero-order valence-corrected chi connectivity index (χ0v) is 66.7. The number of carbonyl (C=O) groups is 4. The van der Waals surface area contributed by atoms with Crippen molar-refractivity contribution in [3.63, 3.8) is 0 Å². The number of amides is 1. The molecule has 0 aromatic heterocycles. The number of aryl methyl sites for hydroxylation is 4. The molecule has 17 rings (SSSR count). The maximum absolute atomic E-state index is 13.4. The van der Waals surface area contributed by atoms with Crippen LogP contribution in [0.4, 0.5) is 0 Å². The summed E-state index contributed by atoms with van der Waals surface area (Å²) in [5, 5.41) is 19.7. The van der Waals surface area contributed by atoms with E-state index in [2.05, 4.69) is 206 Å². The van der Waals surface area contributed by atoms with E-state index in [9.17, 15) is 29.4 Å². The van der Waals surface area contributed by atoms with E-state index in [4.69, 9.17) is 4.74 Å². The lowest BCUT2D eigenvalue weighted by Crippen LogP contribution is -2.62. The molecular formula is C90H125ClN6O7. The highest BCUT2D eigenvalue weighted by atomic mass is 35.5. The molecule has 564 valence electrons. The molecule has 6 aliphatic heterocycles. The molecule has 12 aliphatic rings. The number of likely N-dealkylation sites (N-methyl/N-ethyl adjacent to an activating group) is 5. The van der Waals surface area contributed by atoms with Crippen molar-refractivity contribution in [2.24, 2.45) is 17.8 Å². The molecule has 2 N–H and O–H groups in total. The van der Waals surface area contributed by atoms with Crippen molar-refractivity contribution in [2.75, 3.05) is 88.2 Å². The molecular weight excluding hydrogens is 1310 g/mol. The van der Waals surface area contributed by atoms with Crippen LogP contribution in [0.2, 0.25) is 0 Å². The number of phenols is 1. The number of aromatic hydroxyl groups is 1. The molecule has 0 spiro atoms. The fourth-order valence-electron chi connectivity index (χ4n) is 21.4. The monoisotopic (exact) mass is 1440 g/mol. The van der Waals surface area contributed by atoms with E-state index in [1.807, 2.05) is 12.3 Å². The average Bonchev–Trinajstić information content (AvgIpc) is 0.754. The zero-order chi connectivity index (χ0) is 73.7. The van der Waals surface area contributed by atoms with Gasteiger partial charge in [-0.3, -0.25) is 24.2 Å². The second-order valence-electron chi connectivity index (χ2n) is 34.9. The minimum atomic E-state index is -0.647.